The molecular formula is C27H28Cl2O8S2. The highest BCUT2D eigenvalue weighted by Crippen LogP contribution is 2.33. The molecule has 0 aliphatic carbocycles. The summed E-state index contributed by atoms with van der Waals surface area (Å²) in [5, 5.41) is 0.438. The van der Waals surface area contributed by atoms with Gasteiger partial charge in [0.05, 0.1) is 23.1 Å². The van der Waals surface area contributed by atoms with Crippen molar-refractivity contribution in [1.82, 2.24) is 0 Å². The molecular weight excluding hydrogens is 587 g/mol. The minimum atomic E-state index is -4.36. The van der Waals surface area contributed by atoms with E-state index in [1.54, 1.807) is 13.8 Å². The van der Waals surface area contributed by atoms with Gasteiger partial charge in [-0.1, -0.05) is 50.9 Å². The molecule has 210 valence electrons. The summed E-state index contributed by atoms with van der Waals surface area (Å²) in [5.41, 5.74) is 0.114. The number of carbonyl (C=O) groups excluding carboxylic acids is 1. The van der Waals surface area contributed by atoms with Crippen LogP contribution in [0.25, 0.3) is 0 Å². The number of ketones is 1. The Hall–Kier alpha value is -2.47. The van der Waals surface area contributed by atoms with Crippen LogP contribution in [0.1, 0.15) is 43.6 Å². The summed E-state index contributed by atoms with van der Waals surface area (Å²) in [6.07, 6.45) is 0. The first kappa shape index (κ1) is 31.1. The Morgan fingerprint density at radius 2 is 1.36 bits per heavy atom. The summed E-state index contributed by atoms with van der Waals surface area (Å²) >= 11 is 12.2. The smallest absolute Gasteiger partial charge is 0.300 e. The van der Waals surface area contributed by atoms with E-state index in [4.69, 9.17) is 36.3 Å². The van der Waals surface area contributed by atoms with Gasteiger partial charge < -0.3 is 4.74 Å². The van der Waals surface area contributed by atoms with Crippen molar-refractivity contribution in [2.45, 2.75) is 37.5 Å². The van der Waals surface area contributed by atoms with E-state index in [1.165, 1.54) is 54.6 Å². The summed E-state index contributed by atoms with van der Waals surface area (Å²) in [6.45, 7) is 7.16. The molecule has 0 N–H and O–H groups in total. The lowest BCUT2D eigenvalue weighted by atomic mass is 10.0. The average molecular weight is 616 g/mol. The molecule has 0 saturated heterocycles. The predicted octanol–water partition coefficient (Wildman–Crippen LogP) is 6.74. The number of hydrogen-bond donors (Lipinski definition) is 0. The summed E-state index contributed by atoms with van der Waals surface area (Å²) in [7, 11) is -8.33. The summed E-state index contributed by atoms with van der Waals surface area (Å²) in [6, 6.07) is 13.5. The average Bonchev–Trinajstić information content (AvgIpc) is 2.88. The fourth-order valence-electron chi connectivity index (χ4n) is 3.14. The lowest BCUT2D eigenvalue weighted by Gasteiger charge is -2.15. The van der Waals surface area contributed by atoms with Crippen molar-refractivity contribution < 1.29 is 34.7 Å². The zero-order chi connectivity index (χ0) is 29.0. The molecule has 12 heteroatoms. The third-order valence-corrected chi connectivity index (χ3v) is 8.27. The van der Waals surface area contributed by atoms with Gasteiger partial charge in [0, 0.05) is 16.1 Å². The molecule has 3 aromatic carbocycles. The molecule has 0 spiro atoms. The van der Waals surface area contributed by atoms with Crippen molar-refractivity contribution in [1.29, 1.82) is 0 Å². The third-order valence-electron chi connectivity index (χ3n) is 5.10. The van der Waals surface area contributed by atoms with Gasteiger partial charge >= 0.3 is 10.1 Å². The van der Waals surface area contributed by atoms with E-state index in [0.29, 0.717) is 0 Å². The quantitative estimate of drug-likeness (QED) is 0.163. The van der Waals surface area contributed by atoms with Crippen LogP contribution in [0.15, 0.2) is 70.5 Å². The lowest BCUT2D eigenvalue weighted by Crippen LogP contribution is -2.13. The first-order valence-corrected chi connectivity index (χ1v) is 15.5. The molecule has 8 nitrogen and oxygen atoms in total. The Labute approximate surface area is 239 Å². The SMILES string of the molecule is CC(C)COS(=O)(=O)c1ccc(Oc2ccc(C(=O)c3cc(Cl)ccc3Cl)cc2S(=O)(=O)OCC(C)C)cc1. The van der Waals surface area contributed by atoms with Crippen LogP contribution in [-0.4, -0.2) is 35.8 Å². The Morgan fingerprint density at radius 3 is 1.95 bits per heavy atom. The first-order chi connectivity index (χ1) is 18.2. The number of benzene rings is 3. The molecule has 0 radical (unpaired) electrons. The minimum Gasteiger partial charge on any atom is -0.456 e. The fourth-order valence-corrected chi connectivity index (χ4v) is 5.78. The second-order valence-corrected chi connectivity index (χ2v) is 13.5. The van der Waals surface area contributed by atoms with Crippen molar-refractivity contribution >= 4 is 49.2 Å². The second-order valence-electron chi connectivity index (χ2n) is 9.45. The molecule has 0 unspecified atom stereocenters. The zero-order valence-electron chi connectivity index (χ0n) is 21.7. The molecule has 0 heterocycles. The Bertz CT molecular complexity index is 1550. The van der Waals surface area contributed by atoms with E-state index in [0.717, 1.165) is 6.07 Å². The van der Waals surface area contributed by atoms with Crippen molar-refractivity contribution in [2.75, 3.05) is 13.2 Å². The number of carbonyl (C=O) groups is 1. The third kappa shape index (κ3) is 8.26. The Morgan fingerprint density at radius 1 is 0.769 bits per heavy atom. The molecule has 0 amide bonds. The molecule has 0 aliphatic rings. The largest absolute Gasteiger partial charge is 0.456 e. The summed E-state index contributed by atoms with van der Waals surface area (Å²) in [4.78, 5) is 12.7. The molecule has 0 bridgehead atoms. The maximum atomic E-state index is 13.2. The van der Waals surface area contributed by atoms with Gasteiger partial charge in [-0.25, -0.2) is 0 Å². The first-order valence-electron chi connectivity index (χ1n) is 11.9. The predicted molar refractivity (Wildman–Crippen MR) is 149 cm³/mol. The van der Waals surface area contributed by atoms with Crippen molar-refractivity contribution in [3.63, 3.8) is 0 Å². The molecule has 0 atom stereocenters. The van der Waals surface area contributed by atoms with Gasteiger partial charge in [-0.05, 0) is 72.5 Å². The van der Waals surface area contributed by atoms with E-state index in [-0.39, 0.29) is 67.5 Å². The monoisotopic (exact) mass is 614 g/mol. The molecule has 0 aromatic heterocycles. The van der Waals surface area contributed by atoms with Crippen LogP contribution < -0.4 is 4.74 Å². The van der Waals surface area contributed by atoms with Gasteiger partial charge in [-0.3, -0.25) is 13.2 Å². The maximum Gasteiger partial charge on any atom is 0.300 e. The fraction of sp³-hybridized carbons (Fsp3) is 0.296. The van der Waals surface area contributed by atoms with Crippen molar-refractivity contribution in [3.8, 4) is 11.5 Å². The van der Waals surface area contributed by atoms with Gasteiger partial charge in [-0.2, -0.15) is 16.8 Å². The van der Waals surface area contributed by atoms with Crippen LogP contribution in [0.3, 0.4) is 0 Å². The molecule has 3 rings (SSSR count). The van der Waals surface area contributed by atoms with Crippen LogP contribution >= 0.6 is 23.2 Å². The van der Waals surface area contributed by atoms with Crippen LogP contribution in [0, 0.1) is 11.8 Å². The molecule has 39 heavy (non-hydrogen) atoms. The second kappa shape index (κ2) is 12.8. The number of ether oxygens (including phenoxy) is 1. The Kier molecular flexibility index (Phi) is 10.2. The van der Waals surface area contributed by atoms with E-state index < -0.39 is 26.0 Å². The molecule has 0 saturated carbocycles. The topological polar surface area (TPSA) is 113 Å². The van der Waals surface area contributed by atoms with Gasteiger partial charge in [0.2, 0.25) is 0 Å². The normalized spacial score (nSPS) is 12.2. The highest BCUT2D eigenvalue weighted by molar-refractivity contribution is 7.87. The van der Waals surface area contributed by atoms with Gasteiger partial charge in [0.1, 0.15) is 16.4 Å². The summed E-state index contributed by atoms with van der Waals surface area (Å²) < 4.78 is 67.0. The zero-order valence-corrected chi connectivity index (χ0v) is 24.8. The molecule has 0 fully saturated rings. The standard InChI is InChI=1S/C27H28Cl2O8S2/c1-17(2)15-35-38(31,32)22-9-7-21(8-10-22)37-25-12-5-19(13-26(25)39(33,34)36-16-18(3)4)27(30)23-14-20(28)6-11-24(23)29/h5-14,17-18H,15-16H2,1-4H3. The Balaban J connectivity index is 1.99. The van der Waals surface area contributed by atoms with Gasteiger partial charge in [0.15, 0.2) is 5.78 Å². The lowest BCUT2D eigenvalue weighted by molar-refractivity contribution is 0.103. The highest BCUT2D eigenvalue weighted by atomic mass is 35.5. The van der Waals surface area contributed by atoms with Gasteiger partial charge in [0.25, 0.3) is 10.1 Å². The minimum absolute atomic E-state index is 0.0157. The number of halogens is 2. The van der Waals surface area contributed by atoms with E-state index in [9.17, 15) is 21.6 Å². The van der Waals surface area contributed by atoms with Crippen LogP contribution in [0.5, 0.6) is 11.5 Å². The number of hydrogen-bond acceptors (Lipinski definition) is 8. The van der Waals surface area contributed by atoms with Crippen molar-refractivity contribution in [2.24, 2.45) is 11.8 Å². The van der Waals surface area contributed by atoms with Crippen LogP contribution in [0.4, 0.5) is 0 Å². The van der Waals surface area contributed by atoms with Crippen LogP contribution in [0.2, 0.25) is 10.0 Å². The number of rotatable bonds is 12. The van der Waals surface area contributed by atoms with Crippen LogP contribution in [-0.2, 0) is 28.6 Å². The molecule has 3 aromatic rings. The van der Waals surface area contributed by atoms with E-state index in [1.807, 2.05) is 13.8 Å². The maximum absolute atomic E-state index is 13.2. The van der Waals surface area contributed by atoms with Gasteiger partial charge in [-0.15, -0.1) is 0 Å². The van der Waals surface area contributed by atoms with E-state index >= 15 is 0 Å². The van der Waals surface area contributed by atoms with E-state index in [2.05, 4.69) is 0 Å². The van der Waals surface area contributed by atoms with Crippen molar-refractivity contribution in [3.05, 3.63) is 81.8 Å². The highest BCUT2D eigenvalue weighted by Gasteiger charge is 2.25. The molecule has 0 aliphatic heterocycles. The summed E-state index contributed by atoms with van der Waals surface area (Å²) in [5.74, 6) is -0.600.